The highest BCUT2D eigenvalue weighted by Crippen LogP contribution is 1.90. The average Bonchev–Trinajstić information content (AvgIpc) is 2.44. The molecule has 12 rings (SSSR count). The molecule has 0 saturated heterocycles. The summed E-state index contributed by atoms with van der Waals surface area (Å²) in [7, 11) is 15.3. The first kappa shape index (κ1) is 115. The van der Waals surface area contributed by atoms with Crippen LogP contribution >= 0.6 is 0 Å². The molecule has 0 atom stereocenters. The van der Waals surface area contributed by atoms with Gasteiger partial charge in [-0.05, 0) is 112 Å². The molecule has 0 fully saturated rings. The van der Waals surface area contributed by atoms with E-state index in [1.165, 1.54) is 39.1 Å². The van der Waals surface area contributed by atoms with Crippen LogP contribution in [0.1, 0.15) is 190 Å². The molecule has 0 N–H and O–H groups in total. The molecule has 0 aliphatic heterocycles. The number of tetrazole rings is 2. The van der Waals surface area contributed by atoms with Crippen molar-refractivity contribution in [2.75, 3.05) is 0 Å². The summed E-state index contributed by atoms with van der Waals surface area (Å²) in [6.07, 6.45) is 37.6. The molecule has 0 radical (unpaired) electrons. The van der Waals surface area contributed by atoms with Gasteiger partial charge in [0.2, 0.25) is 0 Å². The lowest BCUT2D eigenvalue weighted by Crippen LogP contribution is -2.30. The van der Waals surface area contributed by atoms with Crippen LogP contribution in [0.25, 0.3) is 0 Å². The summed E-state index contributed by atoms with van der Waals surface area (Å²) < 4.78 is 11.5. The number of pyridine rings is 3. The Kier molecular flexibility index (Phi) is 104. The van der Waals surface area contributed by atoms with E-state index in [9.17, 15) is 0 Å². The first-order chi connectivity index (χ1) is 50.2. The fourth-order valence-corrected chi connectivity index (χ4v) is 5.01. The Balaban J connectivity index is -0.000000113. The van der Waals surface area contributed by atoms with Crippen LogP contribution in [-0.4, -0.2) is 115 Å². The largest absolute Gasteiger partial charge is 0.357 e. The molecule has 26 nitrogen and oxygen atoms in total. The van der Waals surface area contributed by atoms with Crippen molar-refractivity contribution in [3.63, 3.8) is 0 Å². The lowest BCUT2D eigenvalue weighted by Gasteiger charge is -1.87. The van der Waals surface area contributed by atoms with Gasteiger partial charge in [0.25, 0.3) is 0 Å². The summed E-state index contributed by atoms with van der Waals surface area (Å²) in [5, 5.41) is 36.1. The molecule has 26 heteroatoms. The SMILES string of the molecule is CC.CC.CC.CC.CC.CC.CC.CC.CC.CC.Cc1cc[n+](C)cc1.Cc1ccc[n+](C)c1.Cc1cccc[n+]1C.Cc1ccncn1.Cc1cnccn1.Cc1cncnc1.Cc1ncccn1.Cc1nnn(C)n1.Cc1nnnn1C.Cn1cccc1.Cn1cnnc1.Cn1nccn1. The Morgan fingerprint density at radius 2 is 0.885 bits per heavy atom. The molecule has 0 saturated carbocycles. The van der Waals surface area contributed by atoms with E-state index in [0.717, 1.165) is 28.6 Å². The van der Waals surface area contributed by atoms with Crippen LogP contribution in [0.2, 0.25) is 0 Å². The van der Waals surface area contributed by atoms with Crippen molar-refractivity contribution in [2.45, 2.75) is 201 Å². The monoisotopic (exact) mass is 1440 g/mol. The van der Waals surface area contributed by atoms with E-state index in [4.69, 9.17) is 0 Å². The minimum Gasteiger partial charge on any atom is -0.357 e. The predicted molar refractivity (Wildman–Crippen MR) is 432 cm³/mol. The number of rotatable bonds is 0. The van der Waals surface area contributed by atoms with Gasteiger partial charge in [-0.25, -0.2) is 48.3 Å². The Bertz CT molecular complexity index is 3030. The average molecular weight is 1450 g/mol. The second kappa shape index (κ2) is 94.5. The first-order valence-corrected chi connectivity index (χ1v) is 35.9. The maximum atomic E-state index is 3.92. The lowest BCUT2D eigenvalue weighted by molar-refractivity contribution is -0.677. The van der Waals surface area contributed by atoms with Gasteiger partial charge in [0.15, 0.2) is 42.5 Å². The summed E-state index contributed by atoms with van der Waals surface area (Å²) in [5.74, 6) is 2.37. The molecule has 0 aliphatic carbocycles. The number of nitrogens with zero attached hydrogens (tertiary/aromatic N) is 26. The highest BCUT2D eigenvalue weighted by molar-refractivity contribution is 5.03. The molecular formula is C78H143N26+3. The van der Waals surface area contributed by atoms with Crippen LogP contribution in [0.5, 0.6) is 0 Å². The molecule has 0 unspecified atom stereocenters. The van der Waals surface area contributed by atoms with Gasteiger partial charge < -0.3 is 9.13 Å². The van der Waals surface area contributed by atoms with E-state index in [1.54, 1.807) is 118 Å². The van der Waals surface area contributed by atoms with Crippen LogP contribution in [0, 0.1) is 62.3 Å². The summed E-state index contributed by atoms with van der Waals surface area (Å²) in [6.45, 7) is 57.6. The fraction of sp³-hybridized carbons (Fsp3) is 0.474. The second-order valence-corrected chi connectivity index (χ2v) is 17.6. The molecule has 12 aromatic rings. The Morgan fingerprint density at radius 3 is 1.10 bits per heavy atom. The molecule has 104 heavy (non-hydrogen) atoms. The van der Waals surface area contributed by atoms with E-state index in [-0.39, 0.29) is 0 Å². The summed E-state index contributed by atoms with van der Waals surface area (Å²) in [4.78, 5) is 33.5. The van der Waals surface area contributed by atoms with Gasteiger partial charge in [-0.15, -0.1) is 25.5 Å². The number of aromatic nitrogens is 26. The van der Waals surface area contributed by atoms with Gasteiger partial charge >= 0.3 is 0 Å². The van der Waals surface area contributed by atoms with Crippen LogP contribution in [0.15, 0.2) is 197 Å². The van der Waals surface area contributed by atoms with Gasteiger partial charge in [-0.3, -0.25) is 9.97 Å². The molecule has 582 valence electrons. The van der Waals surface area contributed by atoms with Crippen molar-refractivity contribution in [3.8, 4) is 0 Å². The van der Waals surface area contributed by atoms with Crippen LogP contribution in [0.4, 0.5) is 0 Å². The van der Waals surface area contributed by atoms with E-state index >= 15 is 0 Å². The lowest BCUT2D eigenvalue weighted by atomic mass is 10.3. The number of hydrogen-bond acceptors (Lipinski definition) is 18. The normalized spacial score (nSPS) is 7.86. The summed E-state index contributed by atoms with van der Waals surface area (Å²) in [5.41, 5.74) is 6.96. The molecule has 12 aromatic heterocycles. The smallest absolute Gasteiger partial charge is 0.177 e. The van der Waals surface area contributed by atoms with Crippen LogP contribution in [-0.2, 0) is 56.4 Å². The van der Waals surface area contributed by atoms with Crippen LogP contribution in [0.3, 0.4) is 0 Å². The van der Waals surface area contributed by atoms with E-state index in [1.807, 2.05) is 296 Å². The van der Waals surface area contributed by atoms with Crippen molar-refractivity contribution >= 4 is 0 Å². The molecule has 0 aromatic carbocycles. The molecule has 0 bridgehead atoms. The van der Waals surface area contributed by atoms with Crippen molar-refractivity contribution < 1.29 is 13.7 Å². The fourth-order valence-electron chi connectivity index (χ4n) is 5.01. The Hall–Kier alpha value is -10.5. The van der Waals surface area contributed by atoms with E-state index in [0.29, 0.717) is 5.82 Å². The summed E-state index contributed by atoms with van der Waals surface area (Å²) >= 11 is 0. The Morgan fingerprint density at radius 1 is 0.356 bits per heavy atom. The highest BCUT2D eigenvalue weighted by Gasteiger charge is 1.93. The molecule has 0 spiro atoms. The van der Waals surface area contributed by atoms with Crippen molar-refractivity contribution in [2.24, 2.45) is 56.4 Å². The Labute approximate surface area is 631 Å². The third-order valence-corrected chi connectivity index (χ3v) is 9.62. The van der Waals surface area contributed by atoms with Crippen LogP contribution < -0.4 is 13.7 Å². The molecule has 0 aliphatic rings. The van der Waals surface area contributed by atoms with E-state index in [2.05, 4.69) is 147 Å². The van der Waals surface area contributed by atoms with Crippen molar-refractivity contribution in [3.05, 3.63) is 249 Å². The maximum Gasteiger partial charge on any atom is 0.177 e. The summed E-state index contributed by atoms with van der Waals surface area (Å²) in [6, 6.07) is 22.1. The highest BCUT2D eigenvalue weighted by atomic mass is 15.6. The van der Waals surface area contributed by atoms with Gasteiger partial charge in [-0.2, -0.15) is 19.8 Å². The van der Waals surface area contributed by atoms with Gasteiger partial charge in [0, 0.05) is 139 Å². The minimum atomic E-state index is 0.711. The van der Waals surface area contributed by atoms with Gasteiger partial charge in [0.1, 0.15) is 58.1 Å². The number of aryl methyl sites for hydroxylation is 17. The zero-order valence-corrected chi connectivity index (χ0v) is 71.6. The second-order valence-electron chi connectivity index (χ2n) is 17.6. The zero-order chi connectivity index (χ0) is 82.2. The van der Waals surface area contributed by atoms with Crippen molar-refractivity contribution in [1.82, 2.24) is 115 Å². The third-order valence-electron chi connectivity index (χ3n) is 9.62. The third kappa shape index (κ3) is 87.6. The standard InChI is InChI=1S/3C7H10N.4C5H6N2.C5H7N.2C3H6N4.2C3H5N3.10C2H6/c1-7-3-5-8(2)6-4-7;1-7-4-3-5-8(2)6-7;1-7-5-3-4-6-8(7)2;1-5-2-6-4-7-3-5;1-5-4-6-2-3-7-5;1-5-2-3-6-4-7-5;1-5-6-3-2-4-7-5;1-6-4-2-3-5-6;1-3-4-5-6-7(3)2;1-3-4-6-7(2)5-3;1-6-2-4-5-3-6;1-6-4-2-3-5-6;10*1-2/h3*3-6H,1-2H3;4*2-4H,1H3;2-5H,1H3;2*1-2H3;2*2-3H,1H3;10*1-2H3/q3*+1;;;;;;;;;;;;;;;;;;;. The maximum absolute atomic E-state index is 3.92. The zero-order valence-electron chi connectivity index (χ0n) is 71.6. The minimum absolute atomic E-state index is 0.711. The van der Waals surface area contributed by atoms with E-state index < -0.39 is 0 Å². The molecule has 0 amide bonds. The number of hydrogen-bond donors (Lipinski definition) is 0. The first-order valence-electron chi connectivity index (χ1n) is 35.9. The quantitative estimate of drug-likeness (QED) is 0.128. The topological polar surface area (TPSA) is 268 Å². The molecular weight excluding hydrogens is 1300 g/mol. The predicted octanol–water partition coefficient (Wildman–Crippen LogP) is 15.6. The van der Waals surface area contributed by atoms with Gasteiger partial charge in [-0.1, -0.05) is 145 Å². The molecule has 12 heterocycles. The van der Waals surface area contributed by atoms with Crippen molar-refractivity contribution in [1.29, 1.82) is 0 Å². The van der Waals surface area contributed by atoms with Gasteiger partial charge in [0.05, 0.1) is 25.1 Å².